The third-order valence-electron chi connectivity index (χ3n) is 7.75. The summed E-state index contributed by atoms with van der Waals surface area (Å²) in [5.74, 6) is -0.858. The highest BCUT2D eigenvalue weighted by Gasteiger charge is 2.25. The van der Waals surface area contributed by atoms with Crippen molar-refractivity contribution in [1.29, 1.82) is 0 Å². The van der Waals surface area contributed by atoms with Crippen molar-refractivity contribution in [2.45, 2.75) is 168 Å². The lowest BCUT2D eigenvalue weighted by Crippen LogP contribution is -2.29. The molecule has 0 aliphatic rings. The molecule has 0 bridgehead atoms. The Morgan fingerprint density at radius 3 is 1.67 bits per heavy atom. The van der Waals surface area contributed by atoms with Crippen LogP contribution in [0.2, 0.25) is 0 Å². The van der Waals surface area contributed by atoms with Gasteiger partial charge in [-0.2, -0.15) is 0 Å². The Labute approximate surface area is 293 Å². The monoisotopic (exact) mass is 699 g/mol. The Balaban J connectivity index is 4.27. The summed E-state index contributed by atoms with van der Waals surface area (Å²) in [7, 11) is -4.37. The van der Waals surface area contributed by atoms with E-state index in [1.54, 1.807) is 0 Å². The largest absolute Gasteiger partial charge is 0.472 e. The minimum absolute atomic E-state index is 0.0495. The number of unbranched alkanes of at least 4 members (excludes halogenated alkanes) is 16. The third kappa shape index (κ3) is 34.1. The number of rotatable bonds is 35. The van der Waals surface area contributed by atoms with Crippen molar-refractivity contribution in [3.05, 3.63) is 36.5 Å². The number of hydrogen-bond acceptors (Lipinski definition) is 8. The van der Waals surface area contributed by atoms with Gasteiger partial charge in [-0.3, -0.25) is 18.6 Å². The standard InChI is InChI=1S/C38H70NO8P/c1-3-5-7-9-11-13-15-17-19-20-22-24-26-28-30-37(40)44-34-36(35-46-48(42,43)45-33-32-39)47-38(41)31-29-27-25-23-21-18-16-14-12-10-8-6-4-2/h9,11,14-17,36H,3-8,10,12-13,18-35,39H2,1-2H3,(H,42,43)/b11-9-,16-14-,17-15-/t36-/m1/s1. The molecule has 0 aliphatic carbocycles. The smallest absolute Gasteiger partial charge is 0.462 e. The third-order valence-corrected chi connectivity index (χ3v) is 8.73. The fraction of sp³-hybridized carbons (Fsp3) is 0.789. The summed E-state index contributed by atoms with van der Waals surface area (Å²) in [6, 6.07) is 0. The van der Waals surface area contributed by atoms with Gasteiger partial charge >= 0.3 is 19.8 Å². The first-order valence-corrected chi connectivity index (χ1v) is 20.5. The van der Waals surface area contributed by atoms with E-state index in [-0.39, 0.29) is 32.6 Å². The van der Waals surface area contributed by atoms with Gasteiger partial charge in [0.1, 0.15) is 6.61 Å². The molecule has 2 atom stereocenters. The lowest BCUT2D eigenvalue weighted by molar-refractivity contribution is -0.161. The summed E-state index contributed by atoms with van der Waals surface area (Å²) in [5.41, 5.74) is 5.33. The normalized spacial score (nSPS) is 13.8. The number of hydrogen-bond donors (Lipinski definition) is 2. The van der Waals surface area contributed by atoms with Gasteiger partial charge < -0.3 is 20.1 Å². The van der Waals surface area contributed by atoms with Crippen LogP contribution in [0.1, 0.15) is 162 Å². The van der Waals surface area contributed by atoms with E-state index in [2.05, 4.69) is 50.3 Å². The molecule has 0 saturated carbocycles. The van der Waals surface area contributed by atoms with Gasteiger partial charge in [0.05, 0.1) is 13.2 Å². The number of carbonyl (C=O) groups excluding carboxylic acids is 2. The molecule has 0 saturated heterocycles. The topological polar surface area (TPSA) is 134 Å². The van der Waals surface area contributed by atoms with Gasteiger partial charge in [-0.05, 0) is 64.2 Å². The number of phosphoric ester groups is 1. The Morgan fingerprint density at radius 2 is 1.10 bits per heavy atom. The van der Waals surface area contributed by atoms with Gasteiger partial charge in [0.25, 0.3) is 0 Å². The molecule has 0 fully saturated rings. The van der Waals surface area contributed by atoms with E-state index < -0.39 is 32.5 Å². The van der Waals surface area contributed by atoms with Gasteiger partial charge in [-0.25, -0.2) is 4.57 Å². The van der Waals surface area contributed by atoms with Crippen LogP contribution in [-0.4, -0.2) is 49.3 Å². The molecule has 280 valence electrons. The zero-order valence-corrected chi connectivity index (χ0v) is 31.4. The number of ether oxygens (including phenoxy) is 2. The molecule has 3 N–H and O–H groups in total. The number of carbonyl (C=O) groups is 2. The van der Waals surface area contributed by atoms with Crippen molar-refractivity contribution < 1.29 is 37.6 Å². The minimum atomic E-state index is -4.37. The first-order valence-electron chi connectivity index (χ1n) is 19.0. The lowest BCUT2D eigenvalue weighted by Gasteiger charge is -2.19. The van der Waals surface area contributed by atoms with Gasteiger partial charge in [0.15, 0.2) is 6.10 Å². The molecule has 0 aromatic rings. The van der Waals surface area contributed by atoms with E-state index in [9.17, 15) is 19.0 Å². The summed E-state index contributed by atoms with van der Waals surface area (Å²) in [6.07, 6.45) is 36.0. The summed E-state index contributed by atoms with van der Waals surface area (Å²) in [5, 5.41) is 0. The van der Waals surface area contributed by atoms with E-state index in [4.69, 9.17) is 24.3 Å². The molecule has 0 heterocycles. The predicted octanol–water partition coefficient (Wildman–Crippen LogP) is 10.2. The number of esters is 2. The maximum Gasteiger partial charge on any atom is 0.472 e. The fourth-order valence-electron chi connectivity index (χ4n) is 4.88. The molecule has 48 heavy (non-hydrogen) atoms. The second-order valence-electron chi connectivity index (χ2n) is 12.4. The molecule has 0 aromatic carbocycles. The van der Waals surface area contributed by atoms with Crippen LogP contribution >= 0.6 is 7.82 Å². The highest BCUT2D eigenvalue weighted by molar-refractivity contribution is 7.47. The first-order chi connectivity index (χ1) is 23.3. The highest BCUT2D eigenvalue weighted by atomic mass is 31.2. The molecule has 9 nitrogen and oxygen atoms in total. The van der Waals surface area contributed by atoms with Crippen LogP contribution in [0.3, 0.4) is 0 Å². The van der Waals surface area contributed by atoms with E-state index in [1.165, 1.54) is 44.9 Å². The SMILES string of the molecule is CCCC/C=C\C/C=C\CCCCCCCC(=O)OC[C@H](COP(=O)(O)OCCN)OC(=O)CCCCCCC/C=C\CCCCCC. The summed E-state index contributed by atoms with van der Waals surface area (Å²) in [6.45, 7) is 3.63. The van der Waals surface area contributed by atoms with Crippen LogP contribution in [0, 0.1) is 0 Å². The molecule has 0 aromatic heterocycles. The Bertz CT molecular complexity index is 892. The first kappa shape index (κ1) is 46.2. The fourth-order valence-corrected chi connectivity index (χ4v) is 5.64. The Hall–Kier alpha value is -1.77. The van der Waals surface area contributed by atoms with Gasteiger partial charge in [-0.15, -0.1) is 0 Å². The maximum absolute atomic E-state index is 12.5. The number of phosphoric acid groups is 1. The van der Waals surface area contributed by atoms with Crippen molar-refractivity contribution in [1.82, 2.24) is 0 Å². The van der Waals surface area contributed by atoms with Crippen molar-refractivity contribution in [2.75, 3.05) is 26.4 Å². The van der Waals surface area contributed by atoms with Crippen LogP contribution in [0.4, 0.5) is 0 Å². The van der Waals surface area contributed by atoms with Crippen LogP contribution in [0.15, 0.2) is 36.5 Å². The summed E-state index contributed by atoms with van der Waals surface area (Å²) in [4.78, 5) is 34.7. The quantitative estimate of drug-likeness (QED) is 0.0287. The van der Waals surface area contributed by atoms with Crippen molar-refractivity contribution in [3.8, 4) is 0 Å². The van der Waals surface area contributed by atoms with E-state index in [0.29, 0.717) is 12.8 Å². The zero-order chi connectivity index (χ0) is 35.4. The van der Waals surface area contributed by atoms with E-state index in [0.717, 1.165) is 77.0 Å². The molecule has 0 aliphatic heterocycles. The van der Waals surface area contributed by atoms with Crippen molar-refractivity contribution in [2.24, 2.45) is 5.73 Å². The van der Waals surface area contributed by atoms with Gasteiger partial charge in [0, 0.05) is 19.4 Å². The van der Waals surface area contributed by atoms with Gasteiger partial charge in [-0.1, -0.05) is 121 Å². The molecule has 1 unspecified atom stereocenters. The van der Waals surface area contributed by atoms with Crippen molar-refractivity contribution in [3.63, 3.8) is 0 Å². The van der Waals surface area contributed by atoms with Crippen LogP contribution in [0.25, 0.3) is 0 Å². The van der Waals surface area contributed by atoms with Crippen molar-refractivity contribution >= 4 is 19.8 Å². The van der Waals surface area contributed by atoms with Crippen LogP contribution in [0.5, 0.6) is 0 Å². The van der Waals surface area contributed by atoms with Crippen LogP contribution in [-0.2, 0) is 32.7 Å². The highest BCUT2D eigenvalue weighted by Crippen LogP contribution is 2.43. The average Bonchev–Trinajstić information content (AvgIpc) is 3.07. The summed E-state index contributed by atoms with van der Waals surface area (Å²) >= 11 is 0. The molecule has 0 rings (SSSR count). The molecular formula is C38H70NO8P. The Kier molecular flexibility index (Phi) is 33.8. The zero-order valence-electron chi connectivity index (χ0n) is 30.5. The number of allylic oxidation sites excluding steroid dienone is 6. The average molecular weight is 700 g/mol. The number of nitrogens with two attached hydrogens (primary N) is 1. The molecule has 0 spiro atoms. The Morgan fingerprint density at radius 1 is 0.625 bits per heavy atom. The molecular weight excluding hydrogens is 629 g/mol. The maximum atomic E-state index is 12.5. The second kappa shape index (κ2) is 35.1. The molecule has 10 heteroatoms. The van der Waals surface area contributed by atoms with Gasteiger partial charge in [0.2, 0.25) is 0 Å². The van der Waals surface area contributed by atoms with E-state index in [1.807, 2.05) is 0 Å². The molecule has 0 amide bonds. The van der Waals surface area contributed by atoms with Crippen LogP contribution < -0.4 is 5.73 Å². The minimum Gasteiger partial charge on any atom is -0.462 e. The predicted molar refractivity (Wildman–Crippen MR) is 197 cm³/mol. The lowest BCUT2D eigenvalue weighted by atomic mass is 10.1. The second-order valence-corrected chi connectivity index (χ2v) is 13.9. The van der Waals surface area contributed by atoms with E-state index >= 15 is 0 Å². The summed E-state index contributed by atoms with van der Waals surface area (Å²) < 4.78 is 32.6. The molecule has 0 radical (unpaired) electrons.